The van der Waals surface area contributed by atoms with Gasteiger partial charge in [-0.15, -0.1) is 0 Å². The number of benzene rings is 1. The van der Waals surface area contributed by atoms with Gasteiger partial charge in [0.25, 0.3) is 0 Å². The Morgan fingerprint density at radius 1 is 1.21 bits per heavy atom. The maximum absolute atomic E-state index is 6.18. The van der Waals surface area contributed by atoms with Gasteiger partial charge in [0.1, 0.15) is 0 Å². The van der Waals surface area contributed by atoms with Crippen LogP contribution in [0.15, 0.2) is 36.7 Å². The van der Waals surface area contributed by atoms with Crippen molar-refractivity contribution < 1.29 is 0 Å². The third kappa shape index (κ3) is 2.61. The van der Waals surface area contributed by atoms with Crippen LogP contribution < -0.4 is 5.73 Å². The van der Waals surface area contributed by atoms with Crippen molar-refractivity contribution in [1.82, 2.24) is 15.2 Å². The summed E-state index contributed by atoms with van der Waals surface area (Å²) in [6.45, 7) is 4.31. The highest BCUT2D eigenvalue weighted by Crippen LogP contribution is 2.47. The first-order chi connectivity index (χ1) is 11.7. The van der Waals surface area contributed by atoms with Gasteiger partial charge in [-0.3, -0.25) is 10.1 Å². The molecule has 4 rings (SSSR count). The number of hydrogen-bond donors (Lipinski definition) is 2. The molecule has 4 nitrogen and oxygen atoms in total. The van der Waals surface area contributed by atoms with Crippen LogP contribution in [0, 0.1) is 0 Å². The van der Waals surface area contributed by atoms with Crippen LogP contribution in [-0.2, 0) is 0 Å². The van der Waals surface area contributed by atoms with Crippen LogP contribution in [0.5, 0.6) is 0 Å². The molecule has 2 atom stereocenters. The second kappa shape index (κ2) is 6.02. The Labute approximate surface area is 142 Å². The van der Waals surface area contributed by atoms with E-state index >= 15 is 0 Å². The van der Waals surface area contributed by atoms with Crippen molar-refractivity contribution in [1.29, 1.82) is 0 Å². The molecule has 1 aliphatic rings. The van der Waals surface area contributed by atoms with Gasteiger partial charge < -0.3 is 5.73 Å². The van der Waals surface area contributed by atoms with E-state index in [9.17, 15) is 0 Å². The minimum absolute atomic E-state index is 0.182. The van der Waals surface area contributed by atoms with Crippen LogP contribution in [0.4, 0.5) is 0 Å². The number of aromatic amines is 1. The number of nitrogens with one attached hydrogen (secondary N) is 1. The van der Waals surface area contributed by atoms with Crippen molar-refractivity contribution in [2.75, 3.05) is 0 Å². The molecule has 2 unspecified atom stereocenters. The monoisotopic (exact) mass is 320 g/mol. The van der Waals surface area contributed by atoms with Gasteiger partial charge in [-0.25, -0.2) is 0 Å². The topological polar surface area (TPSA) is 67.6 Å². The predicted molar refractivity (Wildman–Crippen MR) is 98.0 cm³/mol. The van der Waals surface area contributed by atoms with E-state index in [0.717, 1.165) is 17.6 Å². The molecule has 1 saturated carbocycles. The number of rotatable bonds is 5. The Morgan fingerprint density at radius 2 is 2.04 bits per heavy atom. The number of pyridine rings is 1. The summed E-state index contributed by atoms with van der Waals surface area (Å²) < 4.78 is 0. The zero-order valence-corrected chi connectivity index (χ0v) is 14.3. The highest BCUT2D eigenvalue weighted by Gasteiger charge is 2.29. The maximum Gasteiger partial charge on any atom is 0.0705 e. The van der Waals surface area contributed by atoms with Crippen molar-refractivity contribution in [3.63, 3.8) is 0 Å². The molecule has 1 fully saturated rings. The fourth-order valence-electron chi connectivity index (χ4n) is 3.51. The van der Waals surface area contributed by atoms with Crippen LogP contribution in [-0.4, -0.2) is 21.2 Å². The molecular formula is C20H24N4. The average molecular weight is 320 g/mol. The normalized spacial score (nSPS) is 17.1. The third-order valence-electron chi connectivity index (χ3n) is 5.35. The number of hydrogen-bond acceptors (Lipinski definition) is 3. The lowest BCUT2D eigenvalue weighted by molar-refractivity contribution is 0.550. The molecule has 1 aromatic carbocycles. The molecule has 24 heavy (non-hydrogen) atoms. The number of nitrogens with two attached hydrogens (primary N) is 1. The Bertz CT molecular complexity index is 846. The molecule has 0 saturated heterocycles. The van der Waals surface area contributed by atoms with Gasteiger partial charge in [0.2, 0.25) is 0 Å². The zero-order valence-electron chi connectivity index (χ0n) is 14.3. The quantitative estimate of drug-likeness (QED) is 0.734. The molecule has 0 amide bonds. The van der Waals surface area contributed by atoms with E-state index in [-0.39, 0.29) is 6.04 Å². The van der Waals surface area contributed by atoms with Gasteiger partial charge in [-0.1, -0.05) is 26.0 Å². The van der Waals surface area contributed by atoms with Crippen molar-refractivity contribution in [2.45, 2.75) is 51.0 Å². The van der Waals surface area contributed by atoms with Crippen molar-refractivity contribution in [3.8, 4) is 11.3 Å². The minimum atomic E-state index is 0.182. The summed E-state index contributed by atoms with van der Waals surface area (Å²) in [5.74, 6) is 0.978. The van der Waals surface area contributed by atoms with Crippen LogP contribution >= 0.6 is 0 Å². The first-order valence-corrected chi connectivity index (χ1v) is 8.87. The Balaban J connectivity index is 1.74. The lowest BCUT2D eigenvalue weighted by Gasteiger charge is -2.18. The Hall–Kier alpha value is -2.20. The van der Waals surface area contributed by atoms with E-state index in [1.807, 2.05) is 12.4 Å². The molecular weight excluding hydrogens is 296 g/mol. The average Bonchev–Trinajstić information content (AvgIpc) is 3.35. The Kier molecular flexibility index (Phi) is 3.85. The van der Waals surface area contributed by atoms with Crippen molar-refractivity contribution in [2.24, 2.45) is 5.73 Å². The molecule has 1 aliphatic carbocycles. The van der Waals surface area contributed by atoms with Crippen LogP contribution in [0.25, 0.3) is 22.2 Å². The van der Waals surface area contributed by atoms with Gasteiger partial charge in [0.15, 0.2) is 0 Å². The zero-order chi connectivity index (χ0) is 16.7. The first-order valence-electron chi connectivity index (χ1n) is 8.87. The van der Waals surface area contributed by atoms with Crippen LogP contribution in [0.1, 0.15) is 56.1 Å². The molecule has 0 aliphatic heterocycles. The van der Waals surface area contributed by atoms with Gasteiger partial charge in [0.05, 0.1) is 17.4 Å². The summed E-state index contributed by atoms with van der Waals surface area (Å²) >= 11 is 0. The Morgan fingerprint density at radius 3 is 2.71 bits per heavy atom. The molecule has 0 spiro atoms. The number of H-pyrrole nitrogens is 1. The van der Waals surface area contributed by atoms with E-state index in [1.54, 1.807) is 0 Å². The predicted octanol–water partition coefficient (Wildman–Crippen LogP) is 4.34. The molecule has 3 N–H and O–H groups in total. The summed E-state index contributed by atoms with van der Waals surface area (Å²) in [4.78, 5) is 4.76. The van der Waals surface area contributed by atoms with Gasteiger partial charge in [0, 0.05) is 23.2 Å². The maximum atomic E-state index is 6.18. The molecule has 2 aromatic heterocycles. The summed E-state index contributed by atoms with van der Waals surface area (Å²) in [6, 6.07) is 8.79. The molecule has 4 heteroatoms. The van der Waals surface area contributed by atoms with E-state index in [2.05, 4.69) is 48.3 Å². The van der Waals surface area contributed by atoms with Crippen molar-refractivity contribution in [3.05, 3.63) is 47.8 Å². The molecule has 124 valence electrons. The highest BCUT2D eigenvalue weighted by atomic mass is 15.1. The van der Waals surface area contributed by atoms with Gasteiger partial charge >= 0.3 is 0 Å². The minimum Gasteiger partial charge on any atom is -0.327 e. The number of nitrogens with zero attached hydrogens (tertiary/aromatic N) is 2. The largest absolute Gasteiger partial charge is 0.327 e. The summed E-state index contributed by atoms with van der Waals surface area (Å²) in [5.41, 5.74) is 12.2. The highest BCUT2D eigenvalue weighted by molar-refractivity contribution is 5.89. The van der Waals surface area contributed by atoms with E-state index in [4.69, 9.17) is 10.7 Å². The summed E-state index contributed by atoms with van der Waals surface area (Å²) in [7, 11) is 0. The van der Waals surface area contributed by atoms with Gasteiger partial charge in [-0.05, 0) is 54.4 Å². The molecule has 3 aromatic rings. The molecule has 2 heterocycles. The lowest BCUT2D eigenvalue weighted by Crippen LogP contribution is -2.25. The fourth-order valence-corrected chi connectivity index (χ4v) is 3.51. The summed E-state index contributed by atoms with van der Waals surface area (Å²) in [6.07, 6.45) is 7.44. The second-order valence-electron chi connectivity index (χ2n) is 6.97. The molecule has 0 bridgehead atoms. The second-order valence-corrected chi connectivity index (χ2v) is 6.97. The first kappa shape index (κ1) is 15.3. The summed E-state index contributed by atoms with van der Waals surface area (Å²) in [5, 5.41) is 8.53. The smallest absolute Gasteiger partial charge is 0.0705 e. The van der Waals surface area contributed by atoms with Gasteiger partial charge in [-0.2, -0.15) is 5.10 Å². The van der Waals surface area contributed by atoms with E-state index in [0.29, 0.717) is 11.8 Å². The lowest BCUT2D eigenvalue weighted by atomic mass is 9.92. The fraction of sp³-hybridized carbons (Fsp3) is 0.400. The van der Waals surface area contributed by atoms with Crippen molar-refractivity contribution >= 4 is 10.9 Å². The number of fused-ring (bicyclic) bond motifs is 1. The third-order valence-corrected chi connectivity index (χ3v) is 5.35. The van der Waals surface area contributed by atoms with E-state index < -0.39 is 0 Å². The SMILES string of the molecule is CCC(N)C(C)c1ccc(-c2ccc3[nH]ncc3c2C2CC2)nc1. The standard InChI is InChI=1S/C20H24N4/c1-3-17(21)12(2)14-6-8-18(22-10-14)15-7-9-19-16(11-23-24-19)20(15)13-4-5-13/h6-13,17H,3-5,21H2,1-2H3,(H,23,24). The number of aromatic nitrogens is 3. The van der Waals surface area contributed by atoms with E-state index in [1.165, 1.54) is 34.9 Å². The molecule has 0 radical (unpaired) electrons. The van der Waals surface area contributed by atoms with Crippen LogP contribution in [0.2, 0.25) is 0 Å². The van der Waals surface area contributed by atoms with Crippen LogP contribution in [0.3, 0.4) is 0 Å².